The summed E-state index contributed by atoms with van der Waals surface area (Å²) in [5.41, 5.74) is 2.74. The summed E-state index contributed by atoms with van der Waals surface area (Å²) in [5.74, 6) is 0. The van der Waals surface area contributed by atoms with E-state index in [0.29, 0.717) is 0 Å². The van der Waals surface area contributed by atoms with Crippen LogP contribution in [0.2, 0.25) is 0 Å². The van der Waals surface area contributed by atoms with Gasteiger partial charge in [0.1, 0.15) is 0 Å². The zero-order chi connectivity index (χ0) is 7.40. The molecule has 1 aromatic rings. The lowest BCUT2D eigenvalue weighted by Gasteiger charge is -1.94. The van der Waals surface area contributed by atoms with Crippen LogP contribution in [0.3, 0.4) is 0 Å². The second-order valence-electron chi connectivity index (χ2n) is 1.82. The Morgan fingerprint density at radius 2 is 1.90 bits per heavy atom. The Kier molecular flexibility index (Phi) is 3.22. The van der Waals surface area contributed by atoms with E-state index in [-0.39, 0.29) is 0 Å². The fraction of sp³-hybridized carbons (Fsp3) is 0. The number of hydrogen-bond donors (Lipinski definition) is 0. The van der Waals surface area contributed by atoms with E-state index in [4.69, 9.17) is 11.6 Å². The molecule has 0 bridgehead atoms. The lowest BCUT2D eigenvalue weighted by atomic mass is 10.2. The summed E-state index contributed by atoms with van der Waals surface area (Å²) in [6.45, 7) is 0. The summed E-state index contributed by atoms with van der Waals surface area (Å²) in [6, 6.07) is 10.0. The van der Waals surface area contributed by atoms with E-state index < -0.39 is 0 Å². The maximum Gasteiger partial charge on any atom is 0.0315 e. The zero-order valence-electron chi connectivity index (χ0n) is 5.22. The number of halogens is 2. The highest BCUT2D eigenvalue weighted by atomic mass is 127. The molecular weight excluding hydrogens is 258 g/mol. The highest BCUT2D eigenvalue weighted by Crippen LogP contribution is 2.21. The Morgan fingerprint density at radius 3 is 2.40 bits per heavy atom. The van der Waals surface area contributed by atoms with Crippen LogP contribution in [0.1, 0.15) is 5.56 Å². The van der Waals surface area contributed by atoms with Crippen LogP contribution in [0.25, 0.3) is 3.58 Å². The minimum absolute atomic E-state index is 1.07. The van der Waals surface area contributed by atoms with Gasteiger partial charge in [-0.05, 0) is 28.2 Å². The molecule has 0 heterocycles. The second kappa shape index (κ2) is 3.98. The molecule has 0 N–H and O–H groups in total. The van der Waals surface area contributed by atoms with Crippen molar-refractivity contribution in [1.82, 2.24) is 0 Å². The lowest BCUT2D eigenvalue weighted by Crippen LogP contribution is -1.71. The van der Waals surface area contributed by atoms with Crippen LogP contribution in [0.5, 0.6) is 0 Å². The van der Waals surface area contributed by atoms with Gasteiger partial charge in [-0.25, -0.2) is 0 Å². The van der Waals surface area contributed by atoms with Gasteiger partial charge in [0.05, 0.1) is 0 Å². The van der Waals surface area contributed by atoms with Gasteiger partial charge < -0.3 is 0 Å². The Bertz CT molecular complexity index is 228. The SMILES string of the molecule is Cl/C=C(\I)c1ccccc1. The number of benzene rings is 1. The summed E-state index contributed by atoms with van der Waals surface area (Å²) < 4.78 is 1.07. The van der Waals surface area contributed by atoms with Gasteiger partial charge in [0.2, 0.25) is 0 Å². The van der Waals surface area contributed by atoms with Gasteiger partial charge >= 0.3 is 0 Å². The molecule has 0 radical (unpaired) electrons. The first-order valence-electron chi connectivity index (χ1n) is 2.86. The molecule has 10 heavy (non-hydrogen) atoms. The maximum absolute atomic E-state index is 5.52. The largest absolute Gasteiger partial charge is 0.0918 e. The van der Waals surface area contributed by atoms with Crippen molar-refractivity contribution in [3.05, 3.63) is 41.4 Å². The summed E-state index contributed by atoms with van der Waals surface area (Å²) in [5, 5.41) is 0. The molecule has 0 amide bonds. The Labute approximate surface area is 79.0 Å². The predicted octanol–water partition coefficient (Wildman–Crippen LogP) is 3.66. The molecule has 0 spiro atoms. The Balaban J connectivity index is 2.96. The molecule has 0 aliphatic heterocycles. The Morgan fingerprint density at radius 1 is 1.30 bits per heavy atom. The van der Waals surface area contributed by atoms with Crippen LogP contribution < -0.4 is 0 Å². The molecule has 1 rings (SSSR count). The average Bonchev–Trinajstić information content (AvgIpc) is 2.05. The fourth-order valence-corrected chi connectivity index (χ4v) is 1.15. The maximum atomic E-state index is 5.52. The molecule has 0 aliphatic carbocycles. The summed E-state index contributed by atoms with van der Waals surface area (Å²) in [6.07, 6.45) is 0. The Hall–Kier alpha value is -0.0200. The molecule has 0 aromatic heterocycles. The first kappa shape index (κ1) is 8.08. The van der Waals surface area contributed by atoms with E-state index in [1.165, 1.54) is 0 Å². The number of rotatable bonds is 1. The van der Waals surface area contributed by atoms with Crippen molar-refractivity contribution in [2.45, 2.75) is 0 Å². The van der Waals surface area contributed by atoms with Crippen molar-refractivity contribution in [1.29, 1.82) is 0 Å². The first-order chi connectivity index (χ1) is 4.84. The third-order valence-corrected chi connectivity index (χ3v) is 2.67. The minimum atomic E-state index is 1.07. The van der Waals surface area contributed by atoms with E-state index >= 15 is 0 Å². The third kappa shape index (κ3) is 1.99. The van der Waals surface area contributed by atoms with Crippen LogP contribution in [0.4, 0.5) is 0 Å². The van der Waals surface area contributed by atoms with Crippen molar-refractivity contribution >= 4 is 37.8 Å². The normalized spacial score (nSPS) is 11.6. The third-order valence-electron chi connectivity index (χ3n) is 1.15. The first-order valence-corrected chi connectivity index (χ1v) is 4.37. The summed E-state index contributed by atoms with van der Waals surface area (Å²) in [7, 11) is 0. The van der Waals surface area contributed by atoms with Crippen LogP contribution in [-0.4, -0.2) is 0 Å². The van der Waals surface area contributed by atoms with Crippen LogP contribution in [0.15, 0.2) is 35.9 Å². The molecule has 1 aromatic carbocycles. The molecule has 0 unspecified atom stereocenters. The van der Waals surface area contributed by atoms with Crippen LogP contribution in [0, 0.1) is 0 Å². The van der Waals surface area contributed by atoms with Crippen molar-refractivity contribution in [3.63, 3.8) is 0 Å². The quantitative estimate of drug-likeness (QED) is 0.679. The molecule has 2 heteroatoms. The van der Waals surface area contributed by atoms with Crippen LogP contribution >= 0.6 is 34.2 Å². The average molecular weight is 264 g/mol. The molecular formula is C8H6ClI. The van der Waals surface area contributed by atoms with E-state index in [1.54, 1.807) is 5.54 Å². The van der Waals surface area contributed by atoms with Gasteiger partial charge in [-0.2, -0.15) is 0 Å². The predicted molar refractivity (Wildman–Crippen MR) is 54.3 cm³/mol. The highest BCUT2D eigenvalue weighted by Gasteiger charge is 1.91. The molecule has 52 valence electrons. The molecule has 0 saturated carbocycles. The molecule has 0 saturated heterocycles. The molecule has 0 nitrogen and oxygen atoms in total. The fourth-order valence-electron chi connectivity index (χ4n) is 0.660. The van der Waals surface area contributed by atoms with Gasteiger partial charge in [0.25, 0.3) is 0 Å². The van der Waals surface area contributed by atoms with E-state index in [2.05, 4.69) is 22.6 Å². The molecule has 0 aliphatic rings. The summed E-state index contributed by atoms with van der Waals surface area (Å²) >= 11 is 7.72. The second-order valence-corrected chi connectivity index (χ2v) is 3.20. The molecule has 0 atom stereocenters. The highest BCUT2D eigenvalue weighted by molar-refractivity contribution is 14.1. The molecule has 0 fully saturated rings. The van der Waals surface area contributed by atoms with E-state index in [1.807, 2.05) is 30.3 Å². The van der Waals surface area contributed by atoms with E-state index in [9.17, 15) is 0 Å². The van der Waals surface area contributed by atoms with Gasteiger partial charge in [-0.15, -0.1) is 0 Å². The topological polar surface area (TPSA) is 0 Å². The number of hydrogen-bond acceptors (Lipinski definition) is 0. The van der Waals surface area contributed by atoms with Crippen molar-refractivity contribution in [2.75, 3.05) is 0 Å². The smallest absolute Gasteiger partial charge is 0.0315 e. The van der Waals surface area contributed by atoms with Crippen LogP contribution in [-0.2, 0) is 0 Å². The van der Waals surface area contributed by atoms with Gasteiger partial charge in [0, 0.05) is 9.12 Å². The van der Waals surface area contributed by atoms with Crippen molar-refractivity contribution in [3.8, 4) is 0 Å². The van der Waals surface area contributed by atoms with Gasteiger partial charge in [-0.1, -0.05) is 41.9 Å². The van der Waals surface area contributed by atoms with Crippen molar-refractivity contribution < 1.29 is 0 Å². The van der Waals surface area contributed by atoms with Gasteiger partial charge in [0.15, 0.2) is 0 Å². The standard InChI is InChI=1S/C8H6ClI/c9-6-8(10)7-4-2-1-3-5-7/h1-6H/b8-6-. The zero-order valence-corrected chi connectivity index (χ0v) is 8.13. The minimum Gasteiger partial charge on any atom is -0.0918 e. The van der Waals surface area contributed by atoms with Gasteiger partial charge in [-0.3, -0.25) is 0 Å². The van der Waals surface area contributed by atoms with Crippen molar-refractivity contribution in [2.24, 2.45) is 0 Å². The van der Waals surface area contributed by atoms with E-state index in [0.717, 1.165) is 9.14 Å². The lowest BCUT2D eigenvalue weighted by molar-refractivity contribution is 1.66. The summed E-state index contributed by atoms with van der Waals surface area (Å²) in [4.78, 5) is 0. The monoisotopic (exact) mass is 264 g/mol.